The molecule has 0 amide bonds. The minimum atomic E-state index is -0.419. The van der Waals surface area contributed by atoms with Gasteiger partial charge in [0.1, 0.15) is 6.04 Å². The van der Waals surface area contributed by atoms with Gasteiger partial charge in [0, 0.05) is 11.4 Å². The number of esters is 1. The van der Waals surface area contributed by atoms with E-state index in [-0.39, 0.29) is 5.97 Å². The Labute approximate surface area is 130 Å². The van der Waals surface area contributed by atoms with Crippen LogP contribution in [0.5, 0.6) is 0 Å². The summed E-state index contributed by atoms with van der Waals surface area (Å²) < 4.78 is 5.19. The van der Waals surface area contributed by atoms with Gasteiger partial charge in [-0.1, -0.05) is 37.3 Å². The van der Waals surface area contributed by atoms with Crippen LogP contribution in [-0.4, -0.2) is 12.6 Å². The lowest BCUT2D eigenvalue weighted by atomic mass is 10.0. The van der Waals surface area contributed by atoms with Crippen LogP contribution < -0.4 is 5.32 Å². The molecule has 1 unspecified atom stereocenters. The van der Waals surface area contributed by atoms with Gasteiger partial charge in [-0.3, -0.25) is 5.32 Å². The Bertz CT molecular complexity index is 549. The molecule has 0 saturated carbocycles. The second kappa shape index (κ2) is 7.96. The van der Waals surface area contributed by atoms with Crippen molar-refractivity contribution in [1.82, 2.24) is 5.32 Å². The van der Waals surface area contributed by atoms with Crippen LogP contribution >= 0.6 is 11.3 Å². The van der Waals surface area contributed by atoms with E-state index in [1.807, 2.05) is 30.5 Å². The van der Waals surface area contributed by atoms with E-state index in [1.165, 1.54) is 10.4 Å². The largest absolute Gasteiger partial charge is 0.465 e. The van der Waals surface area contributed by atoms with Crippen molar-refractivity contribution in [2.45, 2.75) is 32.9 Å². The summed E-state index contributed by atoms with van der Waals surface area (Å²) in [6.07, 6.45) is 0.993. The number of rotatable bonds is 7. The molecule has 0 aliphatic carbocycles. The van der Waals surface area contributed by atoms with Crippen LogP contribution in [0.3, 0.4) is 0 Å². The Hall–Kier alpha value is -1.65. The van der Waals surface area contributed by atoms with Gasteiger partial charge >= 0.3 is 5.97 Å². The molecule has 0 bridgehead atoms. The van der Waals surface area contributed by atoms with Gasteiger partial charge in [-0.2, -0.15) is 0 Å². The minimum absolute atomic E-state index is 0.224. The highest BCUT2D eigenvalue weighted by Gasteiger charge is 2.21. The molecular weight excluding hydrogens is 282 g/mol. The number of thiophene rings is 1. The summed E-state index contributed by atoms with van der Waals surface area (Å²) in [6, 6.07) is 11.8. The van der Waals surface area contributed by atoms with Gasteiger partial charge in [0.2, 0.25) is 0 Å². The van der Waals surface area contributed by atoms with Gasteiger partial charge in [0.15, 0.2) is 0 Å². The first-order chi connectivity index (χ1) is 10.2. The Morgan fingerprint density at radius 2 is 2.00 bits per heavy atom. The zero-order chi connectivity index (χ0) is 15.1. The van der Waals surface area contributed by atoms with Crippen LogP contribution in [0.25, 0.3) is 0 Å². The summed E-state index contributed by atoms with van der Waals surface area (Å²) in [7, 11) is 0. The van der Waals surface area contributed by atoms with Crippen molar-refractivity contribution < 1.29 is 9.53 Å². The molecule has 1 aromatic heterocycles. The highest BCUT2D eigenvalue weighted by atomic mass is 32.1. The van der Waals surface area contributed by atoms with Crippen molar-refractivity contribution in [1.29, 1.82) is 0 Å². The Balaban J connectivity index is 2.11. The van der Waals surface area contributed by atoms with Crippen LogP contribution in [0.15, 0.2) is 41.8 Å². The number of carbonyl (C=O) groups excluding carboxylic acids is 1. The number of nitrogens with one attached hydrogen (secondary N) is 1. The van der Waals surface area contributed by atoms with E-state index < -0.39 is 6.04 Å². The van der Waals surface area contributed by atoms with E-state index in [0.717, 1.165) is 12.0 Å². The molecule has 1 aromatic carbocycles. The molecule has 0 radical (unpaired) electrons. The molecule has 4 heteroatoms. The van der Waals surface area contributed by atoms with E-state index in [1.54, 1.807) is 11.3 Å². The molecule has 0 aliphatic rings. The number of hydrogen-bond acceptors (Lipinski definition) is 4. The first kappa shape index (κ1) is 15.7. The van der Waals surface area contributed by atoms with Crippen LogP contribution in [-0.2, 0) is 22.5 Å². The SMILES string of the molecule is CCOC(=O)C(NCc1cccs1)c1ccc(CC)cc1. The lowest BCUT2D eigenvalue weighted by Crippen LogP contribution is -2.29. The van der Waals surface area contributed by atoms with Crippen LogP contribution in [0.2, 0.25) is 0 Å². The zero-order valence-electron chi connectivity index (χ0n) is 12.5. The molecule has 1 atom stereocenters. The van der Waals surface area contributed by atoms with E-state index in [4.69, 9.17) is 4.74 Å². The smallest absolute Gasteiger partial charge is 0.327 e. The van der Waals surface area contributed by atoms with Crippen molar-refractivity contribution in [3.63, 3.8) is 0 Å². The summed E-state index contributed by atoms with van der Waals surface area (Å²) in [6.45, 7) is 5.00. The normalized spacial score (nSPS) is 12.1. The number of hydrogen-bond donors (Lipinski definition) is 1. The van der Waals surface area contributed by atoms with Crippen LogP contribution in [0.1, 0.15) is 35.9 Å². The molecule has 0 saturated heterocycles. The third-order valence-electron chi connectivity index (χ3n) is 3.30. The Kier molecular flexibility index (Phi) is 5.96. The Morgan fingerprint density at radius 3 is 2.57 bits per heavy atom. The summed E-state index contributed by atoms with van der Waals surface area (Å²) >= 11 is 1.68. The average molecular weight is 303 g/mol. The predicted molar refractivity (Wildman–Crippen MR) is 86.4 cm³/mol. The second-order valence-electron chi connectivity index (χ2n) is 4.74. The zero-order valence-corrected chi connectivity index (χ0v) is 13.3. The third-order valence-corrected chi connectivity index (χ3v) is 4.18. The highest BCUT2D eigenvalue weighted by molar-refractivity contribution is 7.09. The first-order valence-corrected chi connectivity index (χ1v) is 8.13. The fourth-order valence-corrected chi connectivity index (χ4v) is 2.78. The van der Waals surface area contributed by atoms with Gasteiger partial charge in [0.05, 0.1) is 6.61 Å². The van der Waals surface area contributed by atoms with E-state index in [9.17, 15) is 4.79 Å². The number of ether oxygens (including phenoxy) is 1. The summed E-state index contributed by atoms with van der Waals surface area (Å²) in [5, 5.41) is 5.33. The fraction of sp³-hybridized carbons (Fsp3) is 0.353. The first-order valence-electron chi connectivity index (χ1n) is 7.25. The van der Waals surface area contributed by atoms with E-state index in [0.29, 0.717) is 13.2 Å². The van der Waals surface area contributed by atoms with Crippen molar-refractivity contribution in [3.8, 4) is 0 Å². The molecule has 1 N–H and O–H groups in total. The standard InChI is InChI=1S/C17H21NO2S/c1-3-13-7-9-14(10-8-13)16(17(19)20-4-2)18-12-15-6-5-11-21-15/h5-11,16,18H,3-4,12H2,1-2H3. The van der Waals surface area contributed by atoms with Crippen molar-refractivity contribution in [3.05, 3.63) is 57.8 Å². The molecule has 0 aliphatic heterocycles. The average Bonchev–Trinajstić information content (AvgIpc) is 3.02. The summed E-state index contributed by atoms with van der Waals surface area (Å²) in [4.78, 5) is 13.4. The van der Waals surface area contributed by atoms with Crippen molar-refractivity contribution in [2.75, 3.05) is 6.61 Å². The number of benzene rings is 1. The highest BCUT2D eigenvalue weighted by Crippen LogP contribution is 2.18. The van der Waals surface area contributed by atoms with E-state index in [2.05, 4.69) is 30.4 Å². The molecule has 1 heterocycles. The molecule has 112 valence electrons. The maximum absolute atomic E-state index is 12.2. The minimum Gasteiger partial charge on any atom is -0.465 e. The third kappa shape index (κ3) is 4.41. The summed E-state index contributed by atoms with van der Waals surface area (Å²) in [5.74, 6) is -0.224. The van der Waals surface area contributed by atoms with Gasteiger partial charge < -0.3 is 4.74 Å². The van der Waals surface area contributed by atoms with Crippen molar-refractivity contribution in [2.24, 2.45) is 0 Å². The number of carbonyl (C=O) groups is 1. The molecule has 0 fully saturated rings. The van der Waals surface area contributed by atoms with Gasteiger partial charge in [-0.25, -0.2) is 4.79 Å². The predicted octanol–water partition coefficient (Wildman–Crippen LogP) is 3.70. The molecular formula is C17H21NO2S. The van der Waals surface area contributed by atoms with Gasteiger partial charge in [0.25, 0.3) is 0 Å². The lowest BCUT2D eigenvalue weighted by Gasteiger charge is -2.17. The molecule has 2 aromatic rings. The number of aryl methyl sites for hydroxylation is 1. The maximum Gasteiger partial charge on any atom is 0.327 e. The molecule has 21 heavy (non-hydrogen) atoms. The van der Waals surface area contributed by atoms with Crippen LogP contribution in [0, 0.1) is 0 Å². The molecule has 3 nitrogen and oxygen atoms in total. The van der Waals surface area contributed by atoms with Gasteiger partial charge in [-0.15, -0.1) is 11.3 Å². The lowest BCUT2D eigenvalue weighted by molar-refractivity contribution is -0.145. The summed E-state index contributed by atoms with van der Waals surface area (Å²) in [5.41, 5.74) is 2.21. The second-order valence-corrected chi connectivity index (χ2v) is 5.77. The van der Waals surface area contributed by atoms with E-state index >= 15 is 0 Å². The quantitative estimate of drug-likeness (QED) is 0.793. The molecule has 2 rings (SSSR count). The fourth-order valence-electron chi connectivity index (χ4n) is 2.12. The topological polar surface area (TPSA) is 38.3 Å². The monoisotopic (exact) mass is 303 g/mol. The molecule has 0 spiro atoms. The van der Waals surface area contributed by atoms with Gasteiger partial charge in [-0.05, 0) is 35.9 Å². The Morgan fingerprint density at radius 1 is 1.24 bits per heavy atom. The van der Waals surface area contributed by atoms with Crippen molar-refractivity contribution >= 4 is 17.3 Å². The maximum atomic E-state index is 12.2. The van der Waals surface area contributed by atoms with Crippen LogP contribution in [0.4, 0.5) is 0 Å².